The molecule has 4 heteroatoms. The van der Waals surface area contributed by atoms with E-state index in [2.05, 4.69) is 5.32 Å². The Balaban J connectivity index is 2.04. The highest BCUT2D eigenvalue weighted by Crippen LogP contribution is 2.32. The van der Waals surface area contributed by atoms with Crippen molar-refractivity contribution >= 4 is 11.6 Å². The van der Waals surface area contributed by atoms with Gasteiger partial charge in [0, 0.05) is 11.6 Å². The second kappa shape index (κ2) is 5.06. The number of carbonyl (C=O) groups excluding carboxylic acids is 1. The number of rotatable bonds is 1. The molecule has 1 amide bonds. The highest BCUT2D eigenvalue weighted by Gasteiger charge is 2.31. The van der Waals surface area contributed by atoms with Gasteiger partial charge in [-0.25, -0.2) is 4.39 Å². The van der Waals surface area contributed by atoms with Crippen molar-refractivity contribution in [1.29, 1.82) is 0 Å². The first-order valence-corrected chi connectivity index (χ1v) is 6.47. The third-order valence-electron chi connectivity index (χ3n) is 3.65. The molecule has 0 bridgehead atoms. The number of aliphatic hydroxyl groups is 1. The third-order valence-corrected chi connectivity index (χ3v) is 3.65. The Morgan fingerprint density at radius 2 is 1.90 bits per heavy atom. The maximum atomic E-state index is 13.3. The quantitative estimate of drug-likeness (QED) is 0.837. The van der Waals surface area contributed by atoms with Crippen LogP contribution < -0.4 is 5.32 Å². The fourth-order valence-electron chi connectivity index (χ4n) is 2.58. The summed E-state index contributed by atoms with van der Waals surface area (Å²) in [6.07, 6.45) is -0.660. The second-order valence-corrected chi connectivity index (χ2v) is 4.96. The van der Waals surface area contributed by atoms with Crippen LogP contribution in [0.15, 0.2) is 48.5 Å². The average molecular weight is 271 g/mol. The highest BCUT2D eigenvalue weighted by atomic mass is 19.1. The van der Waals surface area contributed by atoms with Crippen LogP contribution in [-0.4, -0.2) is 17.1 Å². The standard InChI is InChI=1S/C16H14FNO2/c17-12-7-6-11-8-13(10-4-2-1-3-5-10)15(19)16(20)18-14(11)9-12/h1-7,9,13,15,19H,8H2,(H,18,20)/t13-,15-/m1/s1. The first kappa shape index (κ1) is 12.8. The summed E-state index contributed by atoms with van der Waals surface area (Å²) in [4.78, 5) is 12.0. The summed E-state index contributed by atoms with van der Waals surface area (Å²) < 4.78 is 13.3. The number of nitrogens with one attached hydrogen (secondary N) is 1. The van der Waals surface area contributed by atoms with Gasteiger partial charge in [-0.1, -0.05) is 36.4 Å². The Labute approximate surface area is 116 Å². The van der Waals surface area contributed by atoms with E-state index in [1.165, 1.54) is 12.1 Å². The Bertz CT molecular complexity index is 642. The predicted octanol–water partition coefficient (Wildman–Crippen LogP) is 2.47. The smallest absolute Gasteiger partial charge is 0.253 e. The lowest BCUT2D eigenvalue weighted by Gasteiger charge is -2.19. The maximum absolute atomic E-state index is 13.3. The van der Waals surface area contributed by atoms with Crippen molar-refractivity contribution in [3.8, 4) is 0 Å². The van der Waals surface area contributed by atoms with Gasteiger partial charge in [0.05, 0.1) is 0 Å². The maximum Gasteiger partial charge on any atom is 0.253 e. The SMILES string of the molecule is O=C1Nc2cc(F)ccc2C[C@H](c2ccccc2)[C@H]1O. The van der Waals surface area contributed by atoms with E-state index in [1.807, 2.05) is 30.3 Å². The van der Waals surface area contributed by atoms with Crippen LogP contribution in [0, 0.1) is 5.82 Å². The first-order valence-electron chi connectivity index (χ1n) is 6.47. The molecule has 3 rings (SSSR count). The Morgan fingerprint density at radius 1 is 1.15 bits per heavy atom. The lowest BCUT2D eigenvalue weighted by Crippen LogP contribution is -2.31. The molecule has 2 atom stereocenters. The van der Waals surface area contributed by atoms with Gasteiger partial charge in [0.25, 0.3) is 5.91 Å². The van der Waals surface area contributed by atoms with Gasteiger partial charge < -0.3 is 10.4 Å². The number of hydrogen-bond donors (Lipinski definition) is 2. The number of aliphatic hydroxyl groups excluding tert-OH is 1. The van der Waals surface area contributed by atoms with Crippen molar-refractivity contribution in [2.75, 3.05) is 5.32 Å². The molecule has 2 aromatic rings. The van der Waals surface area contributed by atoms with Crippen molar-refractivity contribution in [2.45, 2.75) is 18.4 Å². The fraction of sp³-hybridized carbons (Fsp3) is 0.188. The summed E-state index contributed by atoms with van der Waals surface area (Å²) in [6, 6.07) is 13.7. The topological polar surface area (TPSA) is 49.3 Å². The van der Waals surface area contributed by atoms with Crippen molar-refractivity contribution in [3.05, 3.63) is 65.5 Å². The molecule has 2 N–H and O–H groups in total. The summed E-state index contributed by atoms with van der Waals surface area (Å²) >= 11 is 0. The van der Waals surface area contributed by atoms with E-state index in [0.717, 1.165) is 11.1 Å². The molecule has 0 fully saturated rings. The van der Waals surface area contributed by atoms with E-state index >= 15 is 0 Å². The zero-order valence-corrected chi connectivity index (χ0v) is 10.7. The second-order valence-electron chi connectivity index (χ2n) is 4.96. The fourth-order valence-corrected chi connectivity index (χ4v) is 2.58. The van der Waals surface area contributed by atoms with Crippen LogP contribution in [-0.2, 0) is 11.2 Å². The van der Waals surface area contributed by atoms with Gasteiger partial charge in [0.1, 0.15) is 11.9 Å². The number of amides is 1. The molecule has 0 radical (unpaired) electrons. The summed E-state index contributed by atoms with van der Waals surface area (Å²) in [6.45, 7) is 0. The number of fused-ring (bicyclic) bond motifs is 1. The molecule has 0 aromatic heterocycles. The van der Waals surface area contributed by atoms with Crippen LogP contribution in [0.4, 0.5) is 10.1 Å². The first-order chi connectivity index (χ1) is 9.65. The molecule has 20 heavy (non-hydrogen) atoms. The van der Waals surface area contributed by atoms with Crippen LogP contribution in [0.1, 0.15) is 17.0 Å². The monoisotopic (exact) mass is 271 g/mol. The summed E-state index contributed by atoms with van der Waals surface area (Å²) in [7, 11) is 0. The molecule has 1 aliphatic rings. The van der Waals surface area contributed by atoms with Crippen LogP contribution >= 0.6 is 0 Å². The minimum absolute atomic E-state index is 0.331. The van der Waals surface area contributed by atoms with Gasteiger partial charge in [0.15, 0.2) is 0 Å². The summed E-state index contributed by atoms with van der Waals surface area (Å²) in [5.41, 5.74) is 2.16. The molecule has 3 nitrogen and oxygen atoms in total. The lowest BCUT2D eigenvalue weighted by atomic mass is 9.88. The predicted molar refractivity (Wildman–Crippen MR) is 73.9 cm³/mol. The molecule has 0 aliphatic carbocycles. The Morgan fingerprint density at radius 3 is 2.65 bits per heavy atom. The van der Waals surface area contributed by atoms with Crippen LogP contribution in [0.25, 0.3) is 0 Å². The largest absolute Gasteiger partial charge is 0.383 e. The molecular weight excluding hydrogens is 257 g/mol. The molecule has 0 saturated carbocycles. The average Bonchev–Trinajstić information content (AvgIpc) is 2.57. The van der Waals surface area contributed by atoms with Crippen LogP contribution in [0.5, 0.6) is 0 Å². The van der Waals surface area contributed by atoms with Crippen LogP contribution in [0.2, 0.25) is 0 Å². The lowest BCUT2D eigenvalue weighted by molar-refractivity contribution is -0.124. The number of benzene rings is 2. The molecule has 0 saturated heterocycles. The third kappa shape index (κ3) is 2.30. The number of anilines is 1. The van der Waals surface area contributed by atoms with Gasteiger partial charge in [0.2, 0.25) is 0 Å². The molecule has 1 aliphatic heterocycles. The summed E-state index contributed by atoms with van der Waals surface area (Å²) in [5.74, 6) is -1.23. The zero-order chi connectivity index (χ0) is 14.1. The van der Waals surface area contributed by atoms with Gasteiger partial charge in [-0.05, 0) is 29.7 Å². The van der Waals surface area contributed by atoms with Gasteiger partial charge in [-0.3, -0.25) is 4.79 Å². The molecule has 0 spiro atoms. The molecule has 2 aromatic carbocycles. The van der Waals surface area contributed by atoms with Gasteiger partial charge in [-0.15, -0.1) is 0 Å². The minimum Gasteiger partial charge on any atom is -0.383 e. The van der Waals surface area contributed by atoms with Gasteiger partial charge in [-0.2, -0.15) is 0 Å². The molecule has 0 unspecified atom stereocenters. The highest BCUT2D eigenvalue weighted by molar-refractivity contribution is 5.96. The van der Waals surface area contributed by atoms with E-state index in [0.29, 0.717) is 12.1 Å². The van der Waals surface area contributed by atoms with Gasteiger partial charge >= 0.3 is 0 Å². The molecular formula is C16H14FNO2. The van der Waals surface area contributed by atoms with Crippen molar-refractivity contribution in [1.82, 2.24) is 0 Å². The van der Waals surface area contributed by atoms with Crippen molar-refractivity contribution in [2.24, 2.45) is 0 Å². The minimum atomic E-state index is -1.15. The van der Waals surface area contributed by atoms with Crippen LogP contribution in [0.3, 0.4) is 0 Å². The molecule has 102 valence electrons. The number of carbonyl (C=O) groups is 1. The van der Waals surface area contributed by atoms with Crippen molar-refractivity contribution < 1.29 is 14.3 Å². The van der Waals surface area contributed by atoms with E-state index in [4.69, 9.17) is 0 Å². The van der Waals surface area contributed by atoms with Crippen molar-refractivity contribution in [3.63, 3.8) is 0 Å². The number of halogens is 1. The van der Waals surface area contributed by atoms with E-state index in [1.54, 1.807) is 6.07 Å². The molecule has 1 heterocycles. The zero-order valence-electron chi connectivity index (χ0n) is 10.7. The Hall–Kier alpha value is -2.20. The van der Waals surface area contributed by atoms with E-state index < -0.39 is 17.8 Å². The summed E-state index contributed by atoms with van der Waals surface area (Å²) in [5, 5.41) is 12.8. The normalized spacial score (nSPS) is 21.8. The van der Waals surface area contributed by atoms with E-state index in [9.17, 15) is 14.3 Å². The number of hydrogen-bond acceptors (Lipinski definition) is 2. The Kier molecular flexibility index (Phi) is 3.24. The van der Waals surface area contributed by atoms with E-state index in [-0.39, 0.29) is 5.92 Å².